The van der Waals surface area contributed by atoms with E-state index in [-0.39, 0.29) is 5.41 Å². The van der Waals surface area contributed by atoms with Gasteiger partial charge < -0.3 is 10.5 Å². The van der Waals surface area contributed by atoms with Crippen molar-refractivity contribution in [2.45, 2.75) is 46.0 Å². The largest absolute Gasteiger partial charge is 0.492 e. The smallest absolute Gasteiger partial charge is 0.138 e. The van der Waals surface area contributed by atoms with Gasteiger partial charge in [-0.05, 0) is 43.5 Å². The van der Waals surface area contributed by atoms with E-state index in [1.807, 2.05) is 19.1 Å². The van der Waals surface area contributed by atoms with E-state index in [1.165, 1.54) is 11.1 Å². The lowest BCUT2D eigenvalue weighted by atomic mass is 9.77. The number of ether oxygens (including phenoxy) is 1. The molecule has 0 aromatic heterocycles. The maximum Gasteiger partial charge on any atom is 0.138 e. The first kappa shape index (κ1) is 15.3. The van der Waals surface area contributed by atoms with Crippen LogP contribution in [-0.2, 0) is 5.41 Å². The first-order valence-electron chi connectivity index (χ1n) is 6.62. The molecule has 0 radical (unpaired) electrons. The quantitative estimate of drug-likeness (QED) is 0.845. The van der Waals surface area contributed by atoms with E-state index < -0.39 is 0 Å². The third-order valence-electron chi connectivity index (χ3n) is 3.48. The van der Waals surface area contributed by atoms with Gasteiger partial charge in [-0.2, -0.15) is 0 Å². The molecule has 0 aliphatic rings. The van der Waals surface area contributed by atoms with Crippen molar-refractivity contribution in [1.82, 2.24) is 0 Å². The van der Waals surface area contributed by atoms with Crippen molar-refractivity contribution in [2.24, 2.45) is 5.73 Å². The summed E-state index contributed by atoms with van der Waals surface area (Å²) in [4.78, 5) is 0. The van der Waals surface area contributed by atoms with E-state index >= 15 is 0 Å². The molecule has 1 atom stereocenters. The van der Waals surface area contributed by atoms with E-state index in [9.17, 15) is 0 Å². The van der Waals surface area contributed by atoms with Gasteiger partial charge in [0.15, 0.2) is 0 Å². The molecule has 0 saturated heterocycles. The van der Waals surface area contributed by atoms with E-state index in [4.69, 9.17) is 22.1 Å². The van der Waals surface area contributed by atoms with Gasteiger partial charge >= 0.3 is 0 Å². The van der Waals surface area contributed by atoms with Crippen LogP contribution in [0.25, 0.3) is 0 Å². The van der Waals surface area contributed by atoms with Crippen LogP contribution in [0.2, 0.25) is 5.02 Å². The summed E-state index contributed by atoms with van der Waals surface area (Å²) in [6.07, 6.45) is 2.17. The Balaban J connectivity index is 3.21. The second-order valence-electron chi connectivity index (χ2n) is 5.05. The van der Waals surface area contributed by atoms with Gasteiger partial charge in [0.1, 0.15) is 5.75 Å². The molecule has 1 unspecified atom stereocenters. The highest BCUT2D eigenvalue weighted by Gasteiger charge is 2.26. The van der Waals surface area contributed by atoms with Crippen LogP contribution >= 0.6 is 11.6 Å². The number of rotatable bonds is 6. The van der Waals surface area contributed by atoms with Crippen molar-refractivity contribution in [3.8, 4) is 5.75 Å². The van der Waals surface area contributed by atoms with Gasteiger partial charge in [0.05, 0.1) is 11.6 Å². The monoisotopic (exact) mass is 269 g/mol. The number of hydrogen-bond donors (Lipinski definition) is 1. The third kappa shape index (κ3) is 3.18. The van der Waals surface area contributed by atoms with E-state index in [1.54, 1.807) is 0 Å². The molecule has 0 bridgehead atoms. The fourth-order valence-electron chi connectivity index (χ4n) is 2.47. The molecule has 1 aromatic rings. The third-order valence-corrected chi connectivity index (χ3v) is 3.78. The molecule has 3 heteroatoms. The molecule has 0 fully saturated rings. The van der Waals surface area contributed by atoms with Crippen molar-refractivity contribution in [3.05, 3.63) is 28.3 Å². The van der Waals surface area contributed by atoms with Crippen molar-refractivity contribution in [3.63, 3.8) is 0 Å². The summed E-state index contributed by atoms with van der Waals surface area (Å²) in [5.41, 5.74) is 8.39. The van der Waals surface area contributed by atoms with E-state index in [0.717, 1.165) is 18.6 Å². The number of nitrogens with two attached hydrogens (primary N) is 1. The van der Waals surface area contributed by atoms with Gasteiger partial charge in [0, 0.05) is 12.0 Å². The summed E-state index contributed by atoms with van der Waals surface area (Å²) in [6.45, 7) is 9.70. The number of halogens is 1. The molecular weight excluding hydrogens is 246 g/mol. The fourth-order valence-corrected chi connectivity index (χ4v) is 2.69. The summed E-state index contributed by atoms with van der Waals surface area (Å²) < 4.78 is 5.52. The summed E-state index contributed by atoms with van der Waals surface area (Å²) in [7, 11) is 0. The molecule has 0 heterocycles. The molecule has 0 aliphatic heterocycles. The second-order valence-corrected chi connectivity index (χ2v) is 5.45. The van der Waals surface area contributed by atoms with Crippen LogP contribution < -0.4 is 10.5 Å². The topological polar surface area (TPSA) is 35.2 Å². The van der Waals surface area contributed by atoms with Crippen molar-refractivity contribution in [2.75, 3.05) is 13.2 Å². The highest BCUT2D eigenvalue weighted by molar-refractivity contribution is 6.32. The zero-order chi connectivity index (χ0) is 13.8. The van der Waals surface area contributed by atoms with Crippen LogP contribution in [-0.4, -0.2) is 13.2 Å². The second kappa shape index (κ2) is 6.44. The van der Waals surface area contributed by atoms with Gasteiger partial charge in [0.25, 0.3) is 0 Å². The molecule has 0 saturated carbocycles. The fraction of sp³-hybridized carbons (Fsp3) is 0.600. The molecule has 2 N–H and O–H groups in total. The molecule has 2 nitrogen and oxygen atoms in total. The highest BCUT2D eigenvalue weighted by atomic mass is 35.5. The molecule has 1 aromatic carbocycles. The lowest BCUT2D eigenvalue weighted by molar-refractivity contribution is 0.339. The molecule has 102 valence electrons. The minimum atomic E-state index is -0.00673. The van der Waals surface area contributed by atoms with Gasteiger partial charge in [0.2, 0.25) is 0 Å². The average molecular weight is 270 g/mol. The Kier molecular flexibility index (Phi) is 5.48. The minimum Gasteiger partial charge on any atom is -0.492 e. The van der Waals surface area contributed by atoms with Crippen LogP contribution in [0.5, 0.6) is 5.75 Å². The van der Waals surface area contributed by atoms with Crippen LogP contribution in [0, 0.1) is 6.92 Å². The zero-order valence-corrected chi connectivity index (χ0v) is 12.6. The number of benzene rings is 1. The Morgan fingerprint density at radius 2 is 2.00 bits per heavy atom. The van der Waals surface area contributed by atoms with Gasteiger partial charge in [-0.1, -0.05) is 31.9 Å². The van der Waals surface area contributed by atoms with Crippen molar-refractivity contribution >= 4 is 11.6 Å². The normalized spacial score (nSPS) is 14.3. The van der Waals surface area contributed by atoms with E-state index in [0.29, 0.717) is 18.2 Å². The maximum absolute atomic E-state index is 6.28. The standard InChI is InChI=1S/C15H24ClNO/c1-5-7-15(4,10-17)12-9-13(16)14(18-6-2)8-11(12)3/h8-9H,5-7,10,17H2,1-4H3. The highest BCUT2D eigenvalue weighted by Crippen LogP contribution is 2.36. The lowest BCUT2D eigenvalue weighted by Crippen LogP contribution is -2.32. The predicted molar refractivity (Wildman–Crippen MR) is 78.7 cm³/mol. The van der Waals surface area contributed by atoms with Gasteiger partial charge in [-0.15, -0.1) is 0 Å². The van der Waals surface area contributed by atoms with Crippen molar-refractivity contribution < 1.29 is 4.74 Å². The maximum atomic E-state index is 6.28. The first-order chi connectivity index (χ1) is 8.48. The Labute approximate surface area is 115 Å². The minimum absolute atomic E-state index is 0.00673. The SMILES string of the molecule is CCCC(C)(CN)c1cc(Cl)c(OCC)cc1C. The number of aryl methyl sites for hydroxylation is 1. The molecular formula is C15H24ClNO. The lowest BCUT2D eigenvalue weighted by Gasteiger charge is -2.30. The zero-order valence-electron chi connectivity index (χ0n) is 11.8. The van der Waals surface area contributed by atoms with Crippen molar-refractivity contribution in [1.29, 1.82) is 0 Å². The Bertz CT molecular complexity index is 406. The van der Waals surface area contributed by atoms with Gasteiger partial charge in [-0.25, -0.2) is 0 Å². The van der Waals surface area contributed by atoms with Crippen LogP contribution in [0.1, 0.15) is 44.7 Å². The van der Waals surface area contributed by atoms with Gasteiger partial charge in [-0.3, -0.25) is 0 Å². The summed E-state index contributed by atoms with van der Waals surface area (Å²) in [6, 6.07) is 4.04. The molecule has 0 spiro atoms. The molecule has 0 aliphatic carbocycles. The van der Waals surface area contributed by atoms with Crippen LogP contribution in [0.15, 0.2) is 12.1 Å². The molecule has 18 heavy (non-hydrogen) atoms. The predicted octanol–water partition coefficient (Wildman–Crippen LogP) is 4.06. The van der Waals surface area contributed by atoms with Crippen LogP contribution in [0.3, 0.4) is 0 Å². The Morgan fingerprint density at radius 1 is 1.33 bits per heavy atom. The summed E-state index contributed by atoms with van der Waals surface area (Å²) in [5, 5.41) is 0.674. The number of hydrogen-bond acceptors (Lipinski definition) is 2. The Hall–Kier alpha value is -0.730. The Morgan fingerprint density at radius 3 is 2.50 bits per heavy atom. The first-order valence-corrected chi connectivity index (χ1v) is 6.99. The van der Waals surface area contributed by atoms with E-state index in [2.05, 4.69) is 20.8 Å². The molecule has 1 rings (SSSR count). The summed E-state index contributed by atoms with van der Waals surface area (Å²) >= 11 is 6.28. The molecule has 0 amide bonds. The summed E-state index contributed by atoms with van der Waals surface area (Å²) in [5.74, 6) is 0.760. The van der Waals surface area contributed by atoms with Crippen LogP contribution in [0.4, 0.5) is 0 Å². The average Bonchev–Trinajstić information content (AvgIpc) is 2.34.